The van der Waals surface area contributed by atoms with E-state index >= 15 is 0 Å². The molecule has 0 aromatic heterocycles. The third kappa shape index (κ3) is 3.47. The van der Waals surface area contributed by atoms with Gasteiger partial charge in [0.1, 0.15) is 5.82 Å². The van der Waals surface area contributed by atoms with Crippen molar-refractivity contribution in [1.82, 2.24) is 0 Å². The van der Waals surface area contributed by atoms with Crippen LogP contribution in [-0.4, -0.2) is 5.11 Å². The third-order valence-corrected chi connectivity index (χ3v) is 4.02. The Kier molecular flexibility index (Phi) is 4.61. The molecule has 1 N–H and O–H groups in total. The molecule has 0 saturated heterocycles. The zero-order chi connectivity index (χ0) is 14.8. The van der Waals surface area contributed by atoms with Gasteiger partial charge in [0.25, 0.3) is 0 Å². The first-order valence-electron chi connectivity index (χ1n) is 6.68. The molecular formula is C17H18BrFO. The number of benzene rings is 2. The summed E-state index contributed by atoms with van der Waals surface area (Å²) in [6, 6.07) is 12.6. The van der Waals surface area contributed by atoms with Crippen molar-refractivity contribution in [2.45, 2.75) is 32.3 Å². The summed E-state index contributed by atoms with van der Waals surface area (Å²) in [5, 5.41) is 10.6. The maximum absolute atomic E-state index is 13.8. The Hall–Kier alpha value is -1.19. The van der Waals surface area contributed by atoms with Crippen LogP contribution in [-0.2, 0) is 18.4 Å². The van der Waals surface area contributed by atoms with Gasteiger partial charge in [0.2, 0.25) is 0 Å². The summed E-state index contributed by atoms with van der Waals surface area (Å²) in [6.45, 7) is 3.80. The Morgan fingerprint density at radius 3 is 2.40 bits per heavy atom. The van der Waals surface area contributed by atoms with Crippen molar-refractivity contribution >= 4 is 15.9 Å². The normalized spacial score (nSPS) is 14.1. The Bertz CT molecular complexity index is 590. The minimum absolute atomic E-state index is 0.240. The topological polar surface area (TPSA) is 20.2 Å². The van der Waals surface area contributed by atoms with Gasteiger partial charge < -0.3 is 5.11 Å². The first kappa shape index (κ1) is 15.2. The minimum atomic E-state index is -1.09. The number of aryl methyl sites for hydroxylation is 1. The maximum Gasteiger partial charge on any atom is 0.126 e. The summed E-state index contributed by atoms with van der Waals surface area (Å²) >= 11 is 3.33. The molecule has 1 nitrogen and oxygen atoms in total. The molecule has 0 radical (unpaired) electrons. The van der Waals surface area contributed by atoms with E-state index in [0.29, 0.717) is 5.56 Å². The van der Waals surface area contributed by atoms with Gasteiger partial charge in [-0.25, -0.2) is 4.39 Å². The van der Waals surface area contributed by atoms with E-state index in [4.69, 9.17) is 0 Å². The molecule has 0 fully saturated rings. The van der Waals surface area contributed by atoms with E-state index in [1.807, 2.05) is 24.3 Å². The van der Waals surface area contributed by atoms with E-state index in [1.165, 1.54) is 11.6 Å². The summed E-state index contributed by atoms with van der Waals surface area (Å²) in [7, 11) is 0. The fourth-order valence-corrected chi connectivity index (χ4v) is 2.66. The zero-order valence-corrected chi connectivity index (χ0v) is 13.2. The van der Waals surface area contributed by atoms with Gasteiger partial charge in [-0.1, -0.05) is 47.1 Å². The van der Waals surface area contributed by atoms with Gasteiger partial charge in [-0.3, -0.25) is 0 Å². The molecule has 0 bridgehead atoms. The van der Waals surface area contributed by atoms with Crippen molar-refractivity contribution in [1.29, 1.82) is 0 Å². The van der Waals surface area contributed by atoms with Gasteiger partial charge in [-0.2, -0.15) is 0 Å². The Morgan fingerprint density at radius 2 is 1.80 bits per heavy atom. The van der Waals surface area contributed by atoms with Gasteiger partial charge in [0, 0.05) is 10.9 Å². The largest absolute Gasteiger partial charge is 0.385 e. The minimum Gasteiger partial charge on any atom is -0.385 e. The molecule has 106 valence electrons. The molecule has 1 atom stereocenters. The Labute approximate surface area is 127 Å². The van der Waals surface area contributed by atoms with Crippen LogP contribution in [0.4, 0.5) is 4.39 Å². The zero-order valence-electron chi connectivity index (χ0n) is 11.7. The average Bonchev–Trinajstić information content (AvgIpc) is 2.43. The van der Waals surface area contributed by atoms with Gasteiger partial charge in [0.15, 0.2) is 0 Å². The van der Waals surface area contributed by atoms with Crippen LogP contribution in [0.2, 0.25) is 0 Å². The second-order valence-corrected chi connectivity index (χ2v) is 6.15. The lowest BCUT2D eigenvalue weighted by Crippen LogP contribution is -2.24. The lowest BCUT2D eigenvalue weighted by molar-refractivity contribution is 0.0567. The lowest BCUT2D eigenvalue weighted by atomic mass is 9.88. The van der Waals surface area contributed by atoms with Crippen LogP contribution >= 0.6 is 15.9 Å². The first-order chi connectivity index (χ1) is 9.42. The smallest absolute Gasteiger partial charge is 0.126 e. The van der Waals surface area contributed by atoms with Crippen molar-refractivity contribution in [3.05, 3.63) is 69.4 Å². The molecule has 2 rings (SSSR count). The molecule has 2 aromatic carbocycles. The highest BCUT2D eigenvalue weighted by atomic mass is 79.9. The number of hydrogen-bond donors (Lipinski definition) is 1. The molecule has 1 unspecified atom stereocenters. The fourth-order valence-electron chi connectivity index (χ4n) is 2.25. The Balaban J connectivity index is 2.27. The molecule has 0 amide bonds. The molecule has 0 aliphatic rings. The maximum atomic E-state index is 13.8. The van der Waals surface area contributed by atoms with E-state index in [0.717, 1.165) is 16.5 Å². The van der Waals surface area contributed by atoms with Crippen LogP contribution in [0.5, 0.6) is 0 Å². The van der Waals surface area contributed by atoms with Crippen LogP contribution in [0.15, 0.2) is 46.9 Å². The van der Waals surface area contributed by atoms with Gasteiger partial charge in [0.05, 0.1) is 5.60 Å². The highest BCUT2D eigenvalue weighted by molar-refractivity contribution is 9.10. The van der Waals surface area contributed by atoms with Crippen molar-refractivity contribution in [3.63, 3.8) is 0 Å². The second kappa shape index (κ2) is 6.06. The molecule has 20 heavy (non-hydrogen) atoms. The highest BCUT2D eigenvalue weighted by Crippen LogP contribution is 2.28. The molecule has 2 aromatic rings. The number of aliphatic hydroxyl groups is 1. The van der Waals surface area contributed by atoms with Crippen LogP contribution in [0.1, 0.15) is 30.5 Å². The standard InChI is InChI=1S/C17H18BrFO/c1-3-12-4-6-14(7-5-12)17(2,20)11-13-10-15(18)8-9-16(13)19/h4-10,20H,3,11H2,1-2H3. The monoisotopic (exact) mass is 336 g/mol. The third-order valence-electron chi connectivity index (χ3n) is 3.53. The molecule has 0 heterocycles. The number of halogens is 2. The molecule has 0 aliphatic carbocycles. The molecule has 0 aliphatic heterocycles. The Morgan fingerprint density at radius 1 is 1.15 bits per heavy atom. The summed E-state index contributed by atoms with van der Waals surface area (Å²) < 4.78 is 14.6. The van der Waals surface area contributed by atoms with Crippen LogP contribution in [0.3, 0.4) is 0 Å². The van der Waals surface area contributed by atoms with Crippen molar-refractivity contribution in [3.8, 4) is 0 Å². The first-order valence-corrected chi connectivity index (χ1v) is 7.47. The van der Waals surface area contributed by atoms with Crippen LogP contribution in [0.25, 0.3) is 0 Å². The van der Waals surface area contributed by atoms with Crippen molar-refractivity contribution in [2.24, 2.45) is 0 Å². The summed E-state index contributed by atoms with van der Waals surface area (Å²) in [6.07, 6.45) is 1.20. The van der Waals surface area contributed by atoms with Gasteiger partial charge in [-0.05, 0) is 48.2 Å². The number of hydrogen-bond acceptors (Lipinski definition) is 1. The van der Waals surface area contributed by atoms with Crippen LogP contribution in [0, 0.1) is 5.82 Å². The molecular weight excluding hydrogens is 319 g/mol. The quantitative estimate of drug-likeness (QED) is 0.864. The van der Waals surface area contributed by atoms with Gasteiger partial charge >= 0.3 is 0 Å². The van der Waals surface area contributed by atoms with E-state index in [1.54, 1.807) is 19.1 Å². The average molecular weight is 337 g/mol. The predicted octanol–water partition coefficient (Wildman–Crippen LogP) is 4.60. The summed E-state index contributed by atoms with van der Waals surface area (Å²) in [5.74, 6) is -0.293. The van der Waals surface area contributed by atoms with Crippen molar-refractivity contribution in [2.75, 3.05) is 0 Å². The second-order valence-electron chi connectivity index (χ2n) is 5.24. The van der Waals surface area contributed by atoms with E-state index in [2.05, 4.69) is 22.9 Å². The SMILES string of the molecule is CCc1ccc(C(C)(O)Cc2cc(Br)ccc2F)cc1. The van der Waals surface area contributed by atoms with E-state index in [9.17, 15) is 9.50 Å². The predicted molar refractivity (Wildman–Crippen MR) is 83.2 cm³/mol. The van der Waals surface area contributed by atoms with E-state index < -0.39 is 5.60 Å². The highest BCUT2D eigenvalue weighted by Gasteiger charge is 2.25. The van der Waals surface area contributed by atoms with Crippen LogP contribution < -0.4 is 0 Å². The molecule has 0 saturated carbocycles. The molecule has 3 heteroatoms. The fraction of sp³-hybridized carbons (Fsp3) is 0.294. The number of rotatable bonds is 4. The molecule has 0 spiro atoms. The summed E-state index contributed by atoms with van der Waals surface area (Å²) in [4.78, 5) is 0. The van der Waals surface area contributed by atoms with Gasteiger partial charge in [-0.15, -0.1) is 0 Å². The lowest BCUT2D eigenvalue weighted by Gasteiger charge is -2.24. The summed E-state index contributed by atoms with van der Waals surface area (Å²) in [5.41, 5.74) is 1.43. The van der Waals surface area contributed by atoms with Crippen molar-refractivity contribution < 1.29 is 9.50 Å². The van der Waals surface area contributed by atoms with E-state index in [-0.39, 0.29) is 12.2 Å².